The molecule has 0 amide bonds. The molecule has 0 fully saturated rings. The molecular weight excluding hydrogens is 348 g/mol. The highest BCUT2D eigenvalue weighted by molar-refractivity contribution is 5.94. The Morgan fingerprint density at radius 1 is 1.11 bits per heavy atom. The van der Waals surface area contributed by atoms with Gasteiger partial charge in [-0.1, -0.05) is 36.4 Å². The summed E-state index contributed by atoms with van der Waals surface area (Å²) in [5, 5.41) is 2.97. The van der Waals surface area contributed by atoms with Crippen molar-refractivity contribution in [3.63, 3.8) is 0 Å². The largest absolute Gasteiger partial charge is 0.469 e. The Balaban J connectivity index is 1.89. The van der Waals surface area contributed by atoms with Crippen LogP contribution < -0.4 is 5.56 Å². The fraction of sp³-hybridized carbons (Fsp3) is 0.150. The molecule has 1 aromatic heterocycles. The van der Waals surface area contributed by atoms with E-state index in [9.17, 15) is 14.4 Å². The summed E-state index contributed by atoms with van der Waals surface area (Å²) in [6.45, 7) is 0. The van der Waals surface area contributed by atoms with Crippen LogP contribution >= 0.6 is 0 Å². The standard InChI is InChI=1S/C20H16N2O5/c1-26-16(23)11-15-17(18-13-9-5-6-10-14(13)20(25)27-18)19(24)22(21-15)12-7-3-2-4-8-12/h2-10,18,21H,11H2,1H3/t18-/m0/s1. The van der Waals surface area contributed by atoms with Crippen LogP contribution in [0.2, 0.25) is 0 Å². The maximum atomic E-state index is 13.2. The molecule has 1 aliphatic rings. The summed E-state index contributed by atoms with van der Waals surface area (Å²) in [7, 11) is 1.28. The third-order valence-corrected chi connectivity index (χ3v) is 4.52. The van der Waals surface area contributed by atoms with Crippen molar-refractivity contribution in [1.82, 2.24) is 9.78 Å². The van der Waals surface area contributed by atoms with Crippen molar-refractivity contribution in [2.75, 3.05) is 7.11 Å². The van der Waals surface area contributed by atoms with Crippen LogP contribution in [-0.2, 0) is 20.7 Å². The lowest BCUT2D eigenvalue weighted by Crippen LogP contribution is -2.20. The number of carbonyl (C=O) groups excluding carboxylic acids is 2. The van der Waals surface area contributed by atoms with Gasteiger partial charge in [-0.2, -0.15) is 0 Å². The molecule has 0 radical (unpaired) electrons. The van der Waals surface area contributed by atoms with Crippen LogP contribution in [0.25, 0.3) is 5.69 Å². The first-order valence-corrected chi connectivity index (χ1v) is 8.36. The van der Waals surface area contributed by atoms with Crippen molar-refractivity contribution in [3.05, 3.63) is 87.3 Å². The Bertz CT molecular complexity index is 1080. The van der Waals surface area contributed by atoms with Gasteiger partial charge in [-0.3, -0.25) is 14.7 Å². The summed E-state index contributed by atoms with van der Waals surface area (Å²) >= 11 is 0. The van der Waals surface area contributed by atoms with E-state index in [0.29, 0.717) is 22.5 Å². The normalized spacial score (nSPS) is 15.3. The molecule has 0 saturated carbocycles. The van der Waals surface area contributed by atoms with Crippen molar-refractivity contribution in [2.45, 2.75) is 12.5 Å². The molecule has 136 valence electrons. The lowest BCUT2D eigenvalue weighted by molar-refractivity contribution is -0.139. The molecule has 2 heterocycles. The van der Waals surface area contributed by atoms with E-state index in [1.807, 2.05) is 6.07 Å². The van der Waals surface area contributed by atoms with E-state index in [0.717, 1.165) is 0 Å². The molecule has 0 saturated heterocycles. The van der Waals surface area contributed by atoms with E-state index < -0.39 is 18.0 Å². The highest BCUT2D eigenvalue weighted by Crippen LogP contribution is 2.35. The van der Waals surface area contributed by atoms with Crippen molar-refractivity contribution in [2.24, 2.45) is 0 Å². The summed E-state index contributed by atoms with van der Waals surface area (Å²) in [6.07, 6.45) is -1.01. The average Bonchev–Trinajstić information content (AvgIpc) is 3.19. The van der Waals surface area contributed by atoms with Gasteiger partial charge in [0, 0.05) is 5.56 Å². The molecule has 1 N–H and O–H groups in total. The van der Waals surface area contributed by atoms with Gasteiger partial charge in [-0.25, -0.2) is 9.48 Å². The number of nitrogens with zero attached hydrogens (tertiary/aromatic N) is 1. The number of hydrogen-bond donors (Lipinski definition) is 1. The zero-order valence-electron chi connectivity index (χ0n) is 14.5. The Hall–Kier alpha value is -3.61. The minimum atomic E-state index is -0.873. The van der Waals surface area contributed by atoms with Crippen LogP contribution in [0.1, 0.15) is 33.3 Å². The lowest BCUT2D eigenvalue weighted by Gasteiger charge is -2.10. The first kappa shape index (κ1) is 16.8. The van der Waals surface area contributed by atoms with Crippen LogP contribution in [-0.4, -0.2) is 28.8 Å². The molecule has 1 atom stereocenters. The SMILES string of the molecule is COC(=O)Cc1[nH]n(-c2ccccc2)c(=O)c1[C@H]1OC(=O)c2ccccc21. The van der Waals surface area contributed by atoms with Gasteiger partial charge in [0.1, 0.15) is 0 Å². The van der Waals surface area contributed by atoms with E-state index in [-0.39, 0.29) is 17.5 Å². The molecule has 27 heavy (non-hydrogen) atoms. The molecule has 0 aliphatic carbocycles. The van der Waals surface area contributed by atoms with Crippen molar-refractivity contribution in [3.8, 4) is 5.69 Å². The van der Waals surface area contributed by atoms with Crippen molar-refractivity contribution < 1.29 is 19.1 Å². The number of aromatic nitrogens is 2. The number of fused-ring (bicyclic) bond motifs is 1. The predicted molar refractivity (Wildman–Crippen MR) is 95.8 cm³/mol. The third kappa shape index (κ3) is 2.83. The quantitative estimate of drug-likeness (QED) is 0.717. The van der Waals surface area contributed by atoms with Gasteiger partial charge < -0.3 is 9.47 Å². The zero-order chi connectivity index (χ0) is 19.0. The minimum absolute atomic E-state index is 0.142. The lowest BCUT2D eigenvalue weighted by atomic mass is 9.98. The van der Waals surface area contributed by atoms with E-state index in [1.165, 1.54) is 11.8 Å². The van der Waals surface area contributed by atoms with Gasteiger partial charge in [-0.05, 0) is 18.2 Å². The second-order valence-electron chi connectivity index (χ2n) is 6.11. The van der Waals surface area contributed by atoms with Gasteiger partial charge in [0.2, 0.25) is 0 Å². The summed E-state index contributed by atoms with van der Waals surface area (Å²) in [6, 6.07) is 15.9. The molecule has 3 aromatic rings. The number of hydrogen-bond acceptors (Lipinski definition) is 5. The average molecular weight is 364 g/mol. The highest BCUT2D eigenvalue weighted by atomic mass is 16.5. The molecule has 0 bridgehead atoms. The molecule has 1 aliphatic heterocycles. The topological polar surface area (TPSA) is 90.4 Å². The first-order valence-electron chi connectivity index (χ1n) is 8.36. The molecular formula is C20H16N2O5. The van der Waals surface area contributed by atoms with E-state index in [2.05, 4.69) is 5.10 Å². The smallest absolute Gasteiger partial charge is 0.339 e. The highest BCUT2D eigenvalue weighted by Gasteiger charge is 2.37. The number of esters is 2. The van der Waals surface area contributed by atoms with Crippen LogP contribution in [0.4, 0.5) is 0 Å². The number of ether oxygens (including phenoxy) is 2. The molecule has 4 rings (SSSR count). The molecule has 7 heteroatoms. The fourth-order valence-corrected chi connectivity index (χ4v) is 3.24. The number of rotatable bonds is 4. The monoisotopic (exact) mass is 364 g/mol. The van der Waals surface area contributed by atoms with E-state index >= 15 is 0 Å². The number of cyclic esters (lactones) is 1. The molecule has 0 spiro atoms. The maximum Gasteiger partial charge on any atom is 0.339 e. The number of nitrogens with one attached hydrogen (secondary N) is 1. The van der Waals surface area contributed by atoms with E-state index in [4.69, 9.17) is 9.47 Å². The van der Waals surface area contributed by atoms with Gasteiger partial charge in [0.25, 0.3) is 5.56 Å². The number of H-pyrrole nitrogens is 1. The number of carbonyl (C=O) groups is 2. The zero-order valence-corrected chi connectivity index (χ0v) is 14.5. The van der Waals surface area contributed by atoms with Crippen LogP contribution in [0, 0.1) is 0 Å². The predicted octanol–water partition coefficient (Wildman–Crippen LogP) is 2.14. The number of benzene rings is 2. The molecule has 0 unspecified atom stereocenters. The van der Waals surface area contributed by atoms with Crippen LogP contribution in [0.5, 0.6) is 0 Å². The van der Waals surface area contributed by atoms with Gasteiger partial charge in [0.15, 0.2) is 6.10 Å². The van der Waals surface area contributed by atoms with Gasteiger partial charge in [-0.15, -0.1) is 0 Å². The van der Waals surface area contributed by atoms with Crippen LogP contribution in [0.3, 0.4) is 0 Å². The Labute approximate surface area is 154 Å². The maximum absolute atomic E-state index is 13.2. The second kappa shape index (κ2) is 6.60. The third-order valence-electron chi connectivity index (χ3n) is 4.52. The van der Waals surface area contributed by atoms with E-state index in [1.54, 1.807) is 48.5 Å². The Morgan fingerprint density at radius 2 is 1.81 bits per heavy atom. The molecule has 2 aromatic carbocycles. The van der Waals surface area contributed by atoms with Crippen molar-refractivity contribution >= 4 is 11.9 Å². The summed E-state index contributed by atoms with van der Waals surface area (Å²) in [5.41, 5.74) is 1.82. The number of aromatic amines is 1. The van der Waals surface area contributed by atoms with Gasteiger partial charge >= 0.3 is 11.9 Å². The van der Waals surface area contributed by atoms with Crippen LogP contribution in [0.15, 0.2) is 59.4 Å². The first-order chi connectivity index (χ1) is 13.1. The fourth-order valence-electron chi connectivity index (χ4n) is 3.24. The number of para-hydroxylation sites is 1. The molecule has 7 nitrogen and oxygen atoms in total. The van der Waals surface area contributed by atoms with Crippen molar-refractivity contribution in [1.29, 1.82) is 0 Å². The minimum Gasteiger partial charge on any atom is -0.469 e. The Morgan fingerprint density at radius 3 is 2.56 bits per heavy atom. The summed E-state index contributed by atoms with van der Waals surface area (Å²) in [4.78, 5) is 37.2. The number of methoxy groups -OCH3 is 1. The van der Waals surface area contributed by atoms with Gasteiger partial charge in [0.05, 0.1) is 36.0 Å². The summed E-state index contributed by atoms with van der Waals surface area (Å²) < 4.78 is 11.6. The second-order valence-corrected chi connectivity index (χ2v) is 6.11. The Kier molecular flexibility index (Phi) is 4.12. The summed E-state index contributed by atoms with van der Waals surface area (Å²) in [5.74, 6) is -0.998.